The average molecular weight is 622 g/mol. The Morgan fingerprint density at radius 3 is 2.28 bits per heavy atom. The Balaban J connectivity index is 1.68. The van der Waals surface area contributed by atoms with Crippen molar-refractivity contribution in [1.82, 2.24) is 0 Å². The summed E-state index contributed by atoms with van der Waals surface area (Å²) in [6.45, 7) is 0.716. The summed E-state index contributed by atoms with van der Waals surface area (Å²) in [6, 6.07) is 16.5. The minimum absolute atomic E-state index is 0.195. The molecule has 43 heavy (non-hydrogen) atoms. The van der Waals surface area contributed by atoms with Crippen LogP contribution < -0.4 is 18.9 Å². The van der Waals surface area contributed by atoms with Gasteiger partial charge in [-0.3, -0.25) is 9.79 Å². The van der Waals surface area contributed by atoms with Crippen molar-refractivity contribution in [2.45, 2.75) is 37.8 Å². The van der Waals surface area contributed by atoms with Gasteiger partial charge in [-0.1, -0.05) is 36.4 Å². The second kappa shape index (κ2) is 13.4. The van der Waals surface area contributed by atoms with Crippen LogP contribution in [0.3, 0.4) is 0 Å². The third kappa shape index (κ3) is 7.39. The highest BCUT2D eigenvalue weighted by atomic mass is 32.2. The van der Waals surface area contributed by atoms with Crippen LogP contribution in [0.2, 0.25) is 0 Å². The molecule has 0 fully saturated rings. The van der Waals surface area contributed by atoms with Crippen molar-refractivity contribution in [2.75, 3.05) is 27.9 Å². The van der Waals surface area contributed by atoms with Gasteiger partial charge in [0.15, 0.2) is 23.0 Å². The predicted molar refractivity (Wildman–Crippen MR) is 152 cm³/mol. The van der Waals surface area contributed by atoms with E-state index in [1.54, 1.807) is 19.2 Å². The first-order valence-corrected chi connectivity index (χ1v) is 14.6. The molecule has 13 heteroatoms. The molecule has 3 aromatic rings. The maximum atomic E-state index is 12.8. The molecule has 9 nitrogen and oxygen atoms in total. The number of carbonyl (C=O) groups is 1. The lowest BCUT2D eigenvalue weighted by Crippen LogP contribution is -2.28. The van der Waals surface area contributed by atoms with Gasteiger partial charge in [-0.15, -0.1) is 0 Å². The second-order valence-electron chi connectivity index (χ2n) is 9.48. The van der Waals surface area contributed by atoms with Crippen LogP contribution in [0.4, 0.5) is 13.2 Å². The standard InChI is InChI=1S/C30H30F3NO8S/c1-38-26-16-21-13-14-34-24(23(21)17-27(26)39-2)15-20-9-11-25(41-18-19-7-5-4-6-8-19)29(40-3)22(20)10-12-28(35)42-43(36,37)30(31,32)33/h4-9,11,16-17H,10,12-15,18H2,1-3H3. The van der Waals surface area contributed by atoms with E-state index in [1.165, 1.54) is 14.2 Å². The van der Waals surface area contributed by atoms with E-state index in [9.17, 15) is 26.4 Å². The molecule has 1 aliphatic heterocycles. The molecule has 0 unspecified atom stereocenters. The van der Waals surface area contributed by atoms with Crippen LogP contribution in [0.1, 0.15) is 34.2 Å². The monoisotopic (exact) mass is 621 g/mol. The van der Waals surface area contributed by atoms with E-state index in [-0.39, 0.29) is 25.2 Å². The van der Waals surface area contributed by atoms with Gasteiger partial charge in [-0.05, 0) is 47.7 Å². The normalized spacial score (nSPS) is 13.0. The number of benzene rings is 3. The molecule has 0 atom stereocenters. The van der Waals surface area contributed by atoms with Gasteiger partial charge in [-0.25, -0.2) is 0 Å². The number of rotatable bonds is 12. The third-order valence-corrected chi connectivity index (χ3v) is 7.76. The van der Waals surface area contributed by atoms with Gasteiger partial charge in [0.2, 0.25) is 0 Å². The maximum absolute atomic E-state index is 12.8. The van der Waals surface area contributed by atoms with Gasteiger partial charge in [0.05, 0.1) is 27.8 Å². The molecule has 0 aliphatic carbocycles. The van der Waals surface area contributed by atoms with Crippen LogP contribution >= 0.6 is 0 Å². The van der Waals surface area contributed by atoms with Crippen molar-refractivity contribution in [3.63, 3.8) is 0 Å². The highest BCUT2D eigenvalue weighted by Gasteiger charge is 2.49. The molecule has 0 radical (unpaired) electrons. The summed E-state index contributed by atoms with van der Waals surface area (Å²) in [5.74, 6) is 0.129. The lowest BCUT2D eigenvalue weighted by atomic mass is 9.90. The summed E-state index contributed by atoms with van der Waals surface area (Å²) < 4.78 is 87.4. The highest BCUT2D eigenvalue weighted by Crippen LogP contribution is 2.38. The van der Waals surface area contributed by atoms with Crippen LogP contribution in [0.5, 0.6) is 23.0 Å². The summed E-state index contributed by atoms with van der Waals surface area (Å²) in [5.41, 5.74) is -1.21. The Morgan fingerprint density at radius 1 is 0.930 bits per heavy atom. The minimum Gasteiger partial charge on any atom is -0.493 e. The fourth-order valence-electron chi connectivity index (χ4n) is 4.72. The number of hydrogen-bond acceptors (Lipinski definition) is 9. The number of carbonyl (C=O) groups excluding carboxylic acids is 1. The average Bonchev–Trinajstić information content (AvgIpc) is 2.98. The number of hydrogen-bond donors (Lipinski definition) is 0. The van der Waals surface area contributed by atoms with Crippen molar-refractivity contribution in [2.24, 2.45) is 4.99 Å². The lowest BCUT2D eigenvalue weighted by Gasteiger charge is -2.22. The Labute approximate surface area is 247 Å². The molecule has 0 amide bonds. The second-order valence-corrected chi connectivity index (χ2v) is 11.0. The molecule has 1 aliphatic rings. The van der Waals surface area contributed by atoms with Crippen molar-refractivity contribution < 1.29 is 49.5 Å². The van der Waals surface area contributed by atoms with Crippen molar-refractivity contribution in [3.8, 4) is 23.0 Å². The Kier molecular flexibility index (Phi) is 9.84. The fourth-order valence-corrected chi connectivity index (χ4v) is 5.15. The molecular weight excluding hydrogens is 591 g/mol. The molecule has 0 N–H and O–H groups in total. The number of nitrogens with zero attached hydrogens (tertiary/aromatic N) is 1. The largest absolute Gasteiger partial charge is 0.534 e. The summed E-state index contributed by atoms with van der Waals surface area (Å²) in [4.78, 5) is 17.0. The van der Waals surface area contributed by atoms with Crippen molar-refractivity contribution >= 4 is 21.8 Å². The Bertz CT molecular complexity index is 1610. The molecule has 3 aromatic carbocycles. The van der Waals surface area contributed by atoms with Gasteiger partial charge in [0, 0.05) is 29.8 Å². The number of alkyl halides is 3. The molecule has 0 saturated carbocycles. The van der Waals surface area contributed by atoms with E-state index in [4.69, 9.17) is 23.9 Å². The van der Waals surface area contributed by atoms with E-state index >= 15 is 0 Å². The number of fused-ring (bicyclic) bond motifs is 1. The Morgan fingerprint density at radius 2 is 1.63 bits per heavy atom. The van der Waals surface area contributed by atoms with Crippen LogP contribution in [0, 0.1) is 0 Å². The molecule has 0 aromatic heterocycles. The molecule has 230 valence electrons. The smallest absolute Gasteiger partial charge is 0.493 e. The first kappa shape index (κ1) is 31.7. The van der Waals surface area contributed by atoms with Crippen LogP contribution in [0.25, 0.3) is 0 Å². The first-order chi connectivity index (χ1) is 20.5. The summed E-state index contributed by atoms with van der Waals surface area (Å²) in [5, 5.41) is 0. The molecule has 0 bridgehead atoms. The van der Waals surface area contributed by atoms with E-state index in [0.717, 1.165) is 16.7 Å². The molecule has 0 spiro atoms. The van der Waals surface area contributed by atoms with Crippen LogP contribution in [-0.2, 0) is 45.0 Å². The summed E-state index contributed by atoms with van der Waals surface area (Å²) >= 11 is 0. The van der Waals surface area contributed by atoms with E-state index in [1.807, 2.05) is 42.5 Å². The van der Waals surface area contributed by atoms with Gasteiger partial charge in [0.1, 0.15) is 6.61 Å². The topological polar surface area (TPSA) is 110 Å². The lowest BCUT2D eigenvalue weighted by molar-refractivity contribution is -0.136. The van der Waals surface area contributed by atoms with Crippen molar-refractivity contribution in [3.05, 3.63) is 82.4 Å². The zero-order chi connectivity index (χ0) is 31.2. The van der Waals surface area contributed by atoms with E-state index < -0.39 is 28.0 Å². The van der Waals surface area contributed by atoms with Gasteiger partial charge < -0.3 is 23.1 Å². The summed E-state index contributed by atoms with van der Waals surface area (Å²) in [6.07, 6.45) is 0.0818. The first-order valence-electron chi connectivity index (χ1n) is 13.1. The highest BCUT2D eigenvalue weighted by molar-refractivity contribution is 7.88. The van der Waals surface area contributed by atoms with Crippen molar-refractivity contribution in [1.29, 1.82) is 0 Å². The fraction of sp³-hybridized carbons (Fsp3) is 0.333. The van der Waals surface area contributed by atoms with Gasteiger partial charge >= 0.3 is 21.6 Å². The Hall–Kier alpha value is -4.26. The quantitative estimate of drug-likeness (QED) is 0.201. The molecule has 1 heterocycles. The predicted octanol–water partition coefficient (Wildman–Crippen LogP) is 5.20. The van der Waals surface area contributed by atoms with E-state index in [0.29, 0.717) is 47.1 Å². The molecular formula is C30H30F3NO8S. The third-order valence-electron chi connectivity index (χ3n) is 6.79. The van der Waals surface area contributed by atoms with Gasteiger partial charge in [-0.2, -0.15) is 21.6 Å². The zero-order valence-electron chi connectivity index (χ0n) is 23.7. The number of halogens is 3. The zero-order valence-corrected chi connectivity index (χ0v) is 24.5. The summed E-state index contributed by atoms with van der Waals surface area (Å²) in [7, 11) is -1.62. The van der Waals surface area contributed by atoms with Crippen LogP contribution in [0.15, 0.2) is 59.6 Å². The number of ether oxygens (including phenoxy) is 4. The van der Waals surface area contributed by atoms with Crippen LogP contribution in [-0.4, -0.2) is 53.5 Å². The van der Waals surface area contributed by atoms with Gasteiger partial charge in [0.25, 0.3) is 0 Å². The molecule has 0 saturated heterocycles. The SMILES string of the molecule is COc1cc2c(cc1OC)C(Cc1ccc(OCc3ccccc3)c(OC)c1CCC(=O)OS(=O)(=O)C(F)(F)F)=NCC2. The number of aliphatic imine (C=N–C) groups is 1. The van der Waals surface area contributed by atoms with E-state index in [2.05, 4.69) is 4.18 Å². The number of methoxy groups -OCH3 is 3. The molecule has 4 rings (SSSR count). The maximum Gasteiger partial charge on any atom is 0.534 e. The minimum atomic E-state index is -6.09.